The van der Waals surface area contributed by atoms with Gasteiger partial charge in [0.1, 0.15) is 11.9 Å². The minimum atomic E-state index is -2.62. The fraction of sp³-hybridized carbons (Fsp3) is 0.556. The molecule has 0 bridgehead atoms. The second-order valence-electron chi connectivity index (χ2n) is 6.71. The molecule has 2 aliphatic rings. The average molecular weight is 350 g/mol. The first-order valence-corrected chi connectivity index (χ1v) is 8.65. The van der Waals surface area contributed by atoms with E-state index in [-0.39, 0.29) is 24.9 Å². The zero-order chi connectivity index (χ0) is 17.3. The molecular weight excluding hydrogens is 330 g/mol. The van der Waals surface area contributed by atoms with Crippen molar-refractivity contribution in [1.82, 2.24) is 10.1 Å². The summed E-state index contributed by atoms with van der Waals surface area (Å²) < 4.78 is 43.1. The lowest BCUT2D eigenvalue weighted by atomic mass is 10.1. The van der Waals surface area contributed by atoms with E-state index in [4.69, 9.17) is 14.0 Å². The monoisotopic (exact) mass is 350 g/mol. The Morgan fingerprint density at radius 1 is 1.08 bits per heavy atom. The van der Waals surface area contributed by atoms with Crippen molar-refractivity contribution in [3.63, 3.8) is 0 Å². The van der Waals surface area contributed by atoms with Crippen LogP contribution in [0.2, 0.25) is 0 Å². The zero-order valence-corrected chi connectivity index (χ0v) is 13.8. The van der Waals surface area contributed by atoms with Crippen LogP contribution in [0.25, 0.3) is 11.4 Å². The molecule has 1 aromatic heterocycles. The Bertz CT molecular complexity index is 711. The second kappa shape index (κ2) is 6.71. The van der Waals surface area contributed by atoms with E-state index in [1.807, 2.05) is 24.3 Å². The normalized spacial score (nSPS) is 23.7. The lowest BCUT2D eigenvalue weighted by Crippen LogP contribution is -2.25. The van der Waals surface area contributed by atoms with Gasteiger partial charge in [0.25, 0.3) is 0 Å². The van der Waals surface area contributed by atoms with Gasteiger partial charge in [-0.3, -0.25) is 0 Å². The summed E-state index contributed by atoms with van der Waals surface area (Å²) in [5.41, 5.74) is 0.777. The maximum Gasteiger partial charge on any atom is 0.248 e. The number of ether oxygens (including phenoxy) is 2. The maximum atomic E-state index is 13.3. The van der Waals surface area contributed by atoms with Gasteiger partial charge >= 0.3 is 0 Å². The summed E-state index contributed by atoms with van der Waals surface area (Å²) in [6, 6.07) is 7.44. The van der Waals surface area contributed by atoms with Gasteiger partial charge in [-0.05, 0) is 30.7 Å². The summed E-state index contributed by atoms with van der Waals surface area (Å²) >= 11 is 0. The van der Waals surface area contributed by atoms with E-state index < -0.39 is 5.92 Å². The highest BCUT2D eigenvalue weighted by molar-refractivity contribution is 5.55. The maximum absolute atomic E-state index is 13.3. The van der Waals surface area contributed by atoms with Gasteiger partial charge in [-0.15, -0.1) is 0 Å². The third kappa shape index (κ3) is 3.81. The second-order valence-corrected chi connectivity index (χ2v) is 6.71. The molecule has 1 unspecified atom stereocenters. The lowest BCUT2D eigenvalue weighted by Gasteiger charge is -2.23. The predicted molar refractivity (Wildman–Crippen MR) is 85.7 cm³/mol. The van der Waals surface area contributed by atoms with Crippen LogP contribution in [-0.4, -0.2) is 35.4 Å². The third-order valence-corrected chi connectivity index (χ3v) is 4.78. The topological polar surface area (TPSA) is 57.4 Å². The number of hydrogen-bond acceptors (Lipinski definition) is 5. The van der Waals surface area contributed by atoms with E-state index >= 15 is 0 Å². The molecule has 5 nitrogen and oxygen atoms in total. The first-order valence-electron chi connectivity index (χ1n) is 8.65. The van der Waals surface area contributed by atoms with Gasteiger partial charge in [-0.1, -0.05) is 5.16 Å². The van der Waals surface area contributed by atoms with Crippen LogP contribution in [0.5, 0.6) is 5.75 Å². The number of benzene rings is 1. The summed E-state index contributed by atoms with van der Waals surface area (Å²) in [4.78, 5) is 4.30. The molecule has 7 heteroatoms. The van der Waals surface area contributed by atoms with E-state index in [9.17, 15) is 8.78 Å². The van der Waals surface area contributed by atoms with Crippen molar-refractivity contribution >= 4 is 0 Å². The fourth-order valence-electron chi connectivity index (χ4n) is 3.35. The SMILES string of the molecule is FC1(F)CCC(c2nc(-c3ccc(OC4CCOCC4)cc3)no2)C1. The highest BCUT2D eigenvalue weighted by atomic mass is 19.3. The van der Waals surface area contributed by atoms with Crippen molar-refractivity contribution in [2.75, 3.05) is 13.2 Å². The number of rotatable bonds is 4. The van der Waals surface area contributed by atoms with Crippen LogP contribution in [0.3, 0.4) is 0 Å². The predicted octanol–water partition coefficient (Wildman–Crippen LogP) is 4.20. The van der Waals surface area contributed by atoms with E-state index in [0.717, 1.165) is 37.4 Å². The highest BCUT2D eigenvalue weighted by Gasteiger charge is 2.42. The Kier molecular flexibility index (Phi) is 4.41. The quantitative estimate of drug-likeness (QED) is 0.827. The van der Waals surface area contributed by atoms with Gasteiger partial charge in [0.05, 0.1) is 13.2 Å². The molecule has 2 fully saturated rings. The molecule has 1 aliphatic carbocycles. The molecule has 0 N–H and O–H groups in total. The molecule has 2 aromatic rings. The van der Waals surface area contributed by atoms with Crippen molar-refractivity contribution in [1.29, 1.82) is 0 Å². The van der Waals surface area contributed by atoms with Crippen LogP contribution in [-0.2, 0) is 4.74 Å². The summed E-state index contributed by atoms with van der Waals surface area (Å²) in [7, 11) is 0. The Labute approximate surface area is 144 Å². The third-order valence-electron chi connectivity index (χ3n) is 4.78. The number of nitrogens with zero attached hydrogens (tertiary/aromatic N) is 2. The van der Waals surface area contributed by atoms with Gasteiger partial charge in [-0.2, -0.15) is 4.98 Å². The number of alkyl halides is 2. The van der Waals surface area contributed by atoms with E-state index in [1.165, 1.54) is 0 Å². The molecule has 0 amide bonds. The van der Waals surface area contributed by atoms with Gasteiger partial charge in [0, 0.05) is 37.2 Å². The van der Waals surface area contributed by atoms with Crippen LogP contribution in [0.15, 0.2) is 28.8 Å². The molecule has 2 heterocycles. The lowest BCUT2D eigenvalue weighted by molar-refractivity contribution is 0.00689. The first-order chi connectivity index (χ1) is 12.1. The smallest absolute Gasteiger partial charge is 0.248 e. The average Bonchev–Trinajstić information content (AvgIpc) is 3.23. The molecule has 1 aliphatic heterocycles. The Hall–Kier alpha value is -2.02. The van der Waals surface area contributed by atoms with Gasteiger partial charge < -0.3 is 14.0 Å². The molecule has 25 heavy (non-hydrogen) atoms. The van der Waals surface area contributed by atoms with Gasteiger partial charge in [0.2, 0.25) is 17.6 Å². The standard InChI is InChI=1S/C18H20F2N2O3/c19-18(20)8-5-13(11-18)17-21-16(22-25-17)12-1-3-14(4-2-12)24-15-6-9-23-10-7-15/h1-4,13,15H,5-11H2. The molecule has 1 aromatic carbocycles. The summed E-state index contributed by atoms with van der Waals surface area (Å²) in [5.74, 6) is -1.47. The fourth-order valence-corrected chi connectivity index (χ4v) is 3.35. The van der Waals surface area contributed by atoms with E-state index in [0.29, 0.717) is 18.1 Å². The molecule has 1 saturated heterocycles. The molecule has 134 valence electrons. The van der Waals surface area contributed by atoms with Crippen LogP contribution in [0.1, 0.15) is 43.9 Å². The summed E-state index contributed by atoms with van der Waals surface area (Å²) in [6.45, 7) is 1.46. The minimum absolute atomic E-state index is 0.117. The highest BCUT2D eigenvalue weighted by Crippen LogP contribution is 2.43. The first kappa shape index (κ1) is 16.4. The van der Waals surface area contributed by atoms with Crippen molar-refractivity contribution < 1.29 is 22.8 Å². The molecule has 4 rings (SSSR count). The van der Waals surface area contributed by atoms with Crippen molar-refractivity contribution in [3.8, 4) is 17.1 Å². The molecule has 0 spiro atoms. The summed E-state index contributed by atoms with van der Waals surface area (Å²) in [6.07, 6.45) is 2.01. The number of hydrogen-bond donors (Lipinski definition) is 0. The van der Waals surface area contributed by atoms with Gasteiger partial charge in [-0.25, -0.2) is 8.78 Å². The van der Waals surface area contributed by atoms with Crippen molar-refractivity contribution in [2.24, 2.45) is 0 Å². The summed E-state index contributed by atoms with van der Waals surface area (Å²) in [5, 5.41) is 3.94. The Morgan fingerprint density at radius 2 is 1.84 bits per heavy atom. The van der Waals surface area contributed by atoms with Gasteiger partial charge in [0.15, 0.2) is 0 Å². The zero-order valence-electron chi connectivity index (χ0n) is 13.8. The largest absolute Gasteiger partial charge is 0.490 e. The van der Waals surface area contributed by atoms with Crippen molar-refractivity contribution in [3.05, 3.63) is 30.2 Å². The van der Waals surface area contributed by atoms with E-state index in [1.54, 1.807) is 0 Å². The Morgan fingerprint density at radius 3 is 2.52 bits per heavy atom. The molecule has 1 atom stereocenters. The van der Waals surface area contributed by atoms with E-state index in [2.05, 4.69) is 10.1 Å². The molecular formula is C18H20F2N2O3. The molecule has 1 saturated carbocycles. The van der Waals surface area contributed by atoms with Crippen LogP contribution < -0.4 is 4.74 Å². The molecule has 0 radical (unpaired) electrons. The minimum Gasteiger partial charge on any atom is -0.490 e. The Balaban J connectivity index is 1.42. The number of halogens is 2. The van der Waals surface area contributed by atoms with Crippen LogP contribution in [0.4, 0.5) is 8.78 Å². The van der Waals surface area contributed by atoms with Crippen molar-refractivity contribution in [2.45, 2.75) is 50.0 Å². The number of aromatic nitrogens is 2. The van der Waals surface area contributed by atoms with Crippen LogP contribution in [0, 0.1) is 0 Å². The van der Waals surface area contributed by atoms with Crippen LogP contribution >= 0.6 is 0 Å².